The van der Waals surface area contributed by atoms with Gasteiger partial charge in [0.1, 0.15) is 11.6 Å². The summed E-state index contributed by atoms with van der Waals surface area (Å²) in [6.07, 6.45) is 11.0. The van der Waals surface area contributed by atoms with E-state index >= 15 is 0 Å². The largest absolute Gasteiger partial charge is 0.299 e. The zero-order chi connectivity index (χ0) is 17.1. The van der Waals surface area contributed by atoms with E-state index in [4.69, 9.17) is 0 Å². The van der Waals surface area contributed by atoms with E-state index in [-0.39, 0.29) is 16.7 Å². The van der Waals surface area contributed by atoms with Crippen LogP contribution in [0.5, 0.6) is 0 Å². The number of hydrogen-bond acceptors (Lipinski definition) is 2. The Morgan fingerprint density at radius 3 is 2.62 bits per heavy atom. The summed E-state index contributed by atoms with van der Waals surface area (Å²) in [5.74, 6) is 3.13. The van der Waals surface area contributed by atoms with E-state index in [1.807, 2.05) is 0 Å². The average molecular weight is 393 g/mol. The third-order valence-electron chi connectivity index (χ3n) is 8.40. The SMILES string of the molecule is C[C@]12CCC(C(=O)CBr)CC1=CC[C@@H]1[C@H]2CC[C@]2(C)C(=O)CC[C@@H]12. The molecule has 0 N–H and O–H groups in total. The summed E-state index contributed by atoms with van der Waals surface area (Å²) in [4.78, 5) is 24.6. The molecule has 4 rings (SSSR count). The van der Waals surface area contributed by atoms with Crippen LogP contribution in [-0.4, -0.2) is 16.9 Å². The summed E-state index contributed by atoms with van der Waals surface area (Å²) in [5, 5.41) is 0.496. The summed E-state index contributed by atoms with van der Waals surface area (Å²) in [7, 11) is 0. The molecule has 0 aromatic heterocycles. The predicted octanol–water partition coefficient (Wildman–Crippen LogP) is 5.10. The molecule has 24 heavy (non-hydrogen) atoms. The Bertz CT molecular complexity index is 609. The molecule has 4 aliphatic rings. The van der Waals surface area contributed by atoms with Crippen molar-refractivity contribution in [2.24, 2.45) is 34.5 Å². The monoisotopic (exact) mass is 392 g/mol. The number of carbonyl (C=O) groups excluding carboxylic acids is 2. The molecule has 0 spiro atoms. The second kappa shape index (κ2) is 5.79. The van der Waals surface area contributed by atoms with E-state index in [2.05, 4.69) is 35.9 Å². The highest BCUT2D eigenvalue weighted by Gasteiger charge is 2.58. The molecule has 3 fully saturated rings. The van der Waals surface area contributed by atoms with Crippen LogP contribution in [0.2, 0.25) is 0 Å². The van der Waals surface area contributed by atoms with Crippen LogP contribution in [0.3, 0.4) is 0 Å². The number of Topliss-reactive ketones (excluding diaryl/α,β-unsaturated/α-hetero) is 2. The molecule has 0 heterocycles. The fraction of sp³-hybridized carbons (Fsp3) is 0.810. The molecule has 132 valence electrons. The number of carbonyl (C=O) groups is 2. The minimum atomic E-state index is -0.0357. The van der Waals surface area contributed by atoms with Crippen molar-refractivity contribution >= 4 is 27.5 Å². The number of rotatable bonds is 2. The Kier molecular flexibility index (Phi) is 4.10. The van der Waals surface area contributed by atoms with Gasteiger partial charge in [-0.25, -0.2) is 0 Å². The summed E-state index contributed by atoms with van der Waals surface area (Å²) in [6, 6.07) is 0. The van der Waals surface area contributed by atoms with Crippen molar-refractivity contribution in [1.82, 2.24) is 0 Å². The van der Waals surface area contributed by atoms with Gasteiger partial charge in [0.15, 0.2) is 0 Å². The molecule has 3 heteroatoms. The van der Waals surface area contributed by atoms with E-state index in [0.29, 0.717) is 28.7 Å². The van der Waals surface area contributed by atoms with E-state index in [1.165, 1.54) is 6.42 Å². The fourth-order valence-corrected chi connectivity index (χ4v) is 7.27. The Morgan fingerprint density at radius 1 is 1.17 bits per heavy atom. The van der Waals surface area contributed by atoms with Crippen molar-refractivity contribution in [1.29, 1.82) is 0 Å². The van der Waals surface area contributed by atoms with Gasteiger partial charge in [-0.2, -0.15) is 0 Å². The number of ketones is 2. The molecule has 2 nitrogen and oxygen atoms in total. The molecule has 0 saturated heterocycles. The van der Waals surface area contributed by atoms with Crippen molar-refractivity contribution < 1.29 is 9.59 Å². The number of fused-ring (bicyclic) bond motifs is 5. The Morgan fingerprint density at radius 2 is 1.88 bits per heavy atom. The highest BCUT2D eigenvalue weighted by molar-refractivity contribution is 9.09. The molecule has 6 atom stereocenters. The van der Waals surface area contributed by atoms with Crippen LogP contribution in [0.25, 0.3) is 0 Å². The van der Waals surface area contributed by atoms with Crippen molar-refractivity contribution in [2.75, 3.05) is 5.33 Å². The van der Waals surface area contributed by atoms with Gasteiger partial charge in [0.2, 0.25) is 0 Å². The molecule has 3 saturated carbocycles. The second-order valence-electron chi connectivity index (χ2n) is 9.22. The zero-order valence-electron chi connectivity index (χ0n) is 14.9. The maximum atomic E-state index is 12.5. The van der Waals surface area contributed by atoms with Crippen LogP contribution < -0.4 is 0 Å². The maximum absolute atomic E-state index is 12.5. The number of halogens is 1. The Hall–Kier alpha value is -0.440. The van der Waals surface area contributed by atoms with Crippen LogP contribution >= 0.6 is 15.9 Å². The highest BCUT2D eigenvalue weighted by atomic mass is 79.9. The van der Waals surface area contributed by atoms with Gasteiger partial charge in [0.25, 0.3) is 0 Å². The van der Waals surface area contributed by atoms with Crippen molar-refractivity contribution in [3.63, 3.8) is 0 Å². The van der Waals surface area contributed by atoms with Gasteiger partial charge in [0, 0.05) is 17.8 Å². The highest BCUT2D eigenvalue weighted by Crippen LogP contribution is 2.64. The number of alkyl halides is 1. The quantitative estimate of drug-likeness (QED) is 0.483. The molecular formula is C21H29BrO2. The van der Waals surface area contributed by atoms with Gasteiger partial charge in [-0.3, -0.25) is 9.59 Å². The first kappa shape index (κ1) is 17.0. The molecule has 1 unspecified atom stereocenters. The molecule has 0 aliphatic heterocycles. The van der Waals surface area contributed by atoms with Gasteiger partial charge >= 0.3 is 0 Å². The van der Waals surface area contributed by atoms with Crippen molar-refractivity contribution in [2.45, 2.75) is 65.2 Å². The van der Waals surface area contributed by atoms with Crippen LogP contribution in [0.1, 0.15) is 65.2 Å². The summed E-state index contributed by atoms with van der Waals surface area (Å²) in [6.45, 7) is 4.71. The van der Waals surface area contributed by atoms with E-state index in [0.717, 1.165) is 50.9 Å². The topological polar surface area (TPSA) is 34.1 Å². The summed E-state index contributed by atoms with van der Waals surface area (Å²) >= 11 is 3.35. The average Bonchev–Trinajstić information content (AvgIpc) is 2.88. The van der Waals surface area contributed by atoms with Gasteiger partial charge in [-0.05, 0) is 68.1 Å². The number of allylic oxidation sites excluding steroid dienone is 2. The van der Waals surface area contributed by atoms with Crippen LogP contribution in [0.4, 0.5) is 0 Å². The van der Waals surface area contributed by atoms with Gasteiger partial charge in [-0.15, -0.1) is 0 Å². The third-order valence-corrected chi connectivity index (χ3v) is 8.95. The Labute approximate surface area is 154 Å². The van der Waals surface area contributed by atoms with Gasteiger partial charge in [-0.1, -0.05) is 41.4 Å². The predicted molar refractivity (Wildman–Crippen MR) is 99.0 cm³/mol. The molecule has 0 radical (unpaired) electrons. The van der Waals surface area contributed by atoms with Gasteiger partial charge < -0.3 is 0 Å². The first-order valence-electron chi connectivity index (χ1n) is 9.71. The fourth-order valence-electron chi connectivity index (χ4n) is 6.82. The standard InChI is InChI=1S/C21H29BrO2/c1-20-9-7-13(18(23)12-22)11-14(20)3-4-15-16-5-6-19(24)21(16,2)10-8-17(15)20/h3,13,15-17H,4-12H2,1-2H3/t13?,15-,16-,17+,20-,21-/m0/s1. The lowest BCUT2D eigenvalue weighted by molar-refractivity contribution is -0.132. The molecular weight excluding hydrogens is 364 g/mol. The molecule has 0 aromatic rings. The lowest BCUT2D eigenvalue weighted by Gasteiger charge is -2.57. The minimum Gasteiger partial charge on any atom is -0.299 e. The molecule has 0 aromatic carbocycles. The smallest absolute Gasteiger partial charge is 0.146 e. The normalized spacial score (nSPS) is 47.5. The Balaban J connectivity index is 1.62. The maximum Gasteiger partial charge on any atom is 0.146 e. The van der Waals surface area contributed by atoms with Crippen molar-refractivity contribution in [3.8, 4) is 0 Å². The first-order valence-corrected chi connectivity index (χ1v) is 10.8. The van der Waals surface area contributed by atoms with Crippen LogP contribution in [-0.2, 0) is 9.59 Å². The zero-order valence-corrected chi connectivity index (χ0v) is 16.5. The summed E-state index contributed by atoms with van der Waals surface area (Å²) < 4.78 is 0. The lowest BCUT2D eigenvalue weighted by atomic mass is 9.47. The first-order chi connectivity index (χ1) is 11.4. The number of hydrogen-bond donors (Lipinski definition) is 0. The molecule has 4 aliphatic carbocycles. The minimum absolute atomic E-state index is 0.0357. The summed E-state index contributed by atoms with van der Waals surface area (Å²) in [5.41, 5.74) is 1.80. The van der Waals surface area contributed by atoms with Crippen molar-refractivity contribution in [3.05, 3.63) is 11.6 Å². The molecule has 0 bridgehead atoms. The van der Waals surface area contributed by atoms with E-state index in [1.54, 1.807) is 5.57 Å². The molecule has 0 amide bonds. The van der Waals surface area contributed by atoms with Gasteiger partial charge in [0.05, 0.1) is 5.33 Å². The lowest BCUT2D eigenvalue weighted by Crippen LogP contribution is -2.50. The second-order valence-corrected chi connectivity index (χ2v) is 9.78. The van der Waals surface area contributed by atoms with E-state index in [9.17, 15) is 9.59 Å². The van der Waals surface area contributed by atoms with Crippen LogP contribution in [0, 0.1) is 34.5 Å². The van der Waals surface area contributed by atoms with E-state index < -0.39 is 0 Å². The third kappa shape index (κ3) is 2.26. The van der Waals surface area contributed by atoms with Crippen LogP contribution in [0.15, 0.2) is 11.6 Å².